The molecule has 1 saturated heterocycles. The molecule has 1 heterocycles. The molecule has 1 saturated carbocycles. The number of thioether (sulfide) groups is 1. The topological polar surface area (TPSA) is 67.4 Å². The van der Waals surface area contributed by atoms with Gasteiger partial charge in [0.05, 0.1) is 6.42 Å². The predicted octanol–water partition coefficient (Wildman–Crippen LogP) is 2.30. The van der Waals surface area contributed by atoms with Gasteiger partial charge in [-0.2, -0.15) is 11.8 Å². The van der Waals surface area contributed by atoms with Gasteiger partial charge < -0.3 is 15.4 Å². The molecule has 0 aromatic carbocycles. The molecule has 2 unspecified atom stereocenters. The van der Waals surface area contributed by atoms with E-state index in [9.17, 15) is 18.4 Å². The minimum Gasteiger partial charge on any atom is -0.444 e. The lowest BCUT2D eigenvalue weighted by Crippen LogP contribution is -2.56. The molecule has 0 aromatic heterocycles. The fourth-order valence-electron chi connectivity index (χ4n) is 2.37. The van der Waals surface area contributed by atoms with Gasteiger partial charge in [-0.25, -0.2) is 13.6 Å². The quantitative estimate of drug-likeness (QED) is 0.830. The summed E-state index contributed by atoms with van der Waals surface area (Å²) in [5.74, 6) is -2.34. The highest BCUT2D eigenvalue weighted by atomic mass is 32.2. The van der Waals surface area contributed by atoms with Gasteiger partial charge in [-0.3, -0.25) is 4.79 Å². The van der Waals surface area contributed by atoms with Crippen molar-refractivity contribution in [2.24, 2.45) is 0 Å². The first-order valence-corrected chi connectivity index (χ1v) is 8.49. The van der Waals surface area contributed by atoms with Gasteiger partial charge in [0, 0.05) is 11.8 Å². The Hall–Kier alpha value is -1.05. The van der Waals surface area contributed by atoms with Crippen LogP contribution in [0.15, 0.2) is 0 Å². The first kappa shape index (κ1) is 17.3. The molecule has 0 spiro atoms. The van der Waals surface area contributed by atoms with E-state index >= 15 is 0 Å². The molecule has 2 rings (SSSR count). The molecule has 5 nitrogen and oxygen atoms in total. The Kier molecular flexibility index (Phi) is 4.61. The van der Waals surface area contributed by atoms with Crippen molar-refractivity contribution < 1.29 is 23.1 Å². The number of rotatable bonds is 3. The zero-order valence-corrected chi connectivity index (χ0v) is 13.8. The lowest BCUT2D eigenvalue weighted by molar-refractivity contribution is -0.127. The number of alkyl halides is 2. The van der Waals surface area contributed by atoms with Crippen molar-refractivity contribution in [1.82, 2.24) is 10.6 Å². The van der Waals surface area contributed by atoms with Gasteiger partial charge in [-0.05, 0) is 39.4 Å². The second-order valence-corrected chi connectivity index (χ2v) is 7.95. The van der Waals surface area contributed by atoms with E-state index < -0.39 is 35.5 Å². The molecule has 2 atom stereocenters. The average Bonchev–Trinajstić information content (AvgIpc) is 2.90. The minimum absolute atomic E-state index is 0.125. The summed E-state index contributed by atoms with van der Waals surface area (Å²) in [6.07, 6.45) is 0.0221. The standard InChI is InChI=1S/C14H22F2N2O3S/c1-12(2,3)21-11(20)18-13(8-14(13,15)16)10(19)17-9-5-4-6-22-7-9/h9H,4-8H2,1-3H3,(H,17,19)(H,18,20). The summed E-state index contributed by atoms with van der Waals surface area (Å²) in [6.45, 7) is 4.89. The van der Waals surface area contributed by atoms with Gasteiger partial charge in [0.15, 0.2) is 5.54 Å². The van der Waals surface area contributed by atoms with Gasteiger partial charge >= 0.3 is 6.09 Å². The Bertz CT molecular complexity index is 461. The number of carbonyl (C=O) groups excluding carboxylic acids is 2. The molecular weight excluding hydrogens is 314 g/mol. The molecule has 0 aromatic rings. The maximum atomic E-state index is 13.7. The van der Waals surface area contributed by atoms with Gasteiger partial charge in [0.2, 0.25) is 0 Å². The van der Waals surface area contributed by atoms with Crippen LogP contribution >= 0.6 is 11.8 Å². The molecule has 1 aliphatic carbocycles. The van der Waals surface area contributed by atoms with E-state index in [0.717, 1.165) is 18.6 Å². The van der Waals surface area contributed by atoms with Crippen molar-refractivity contribution in [1.29, 1.82) is 0 Å². The third-order valence-electron chi connectivity index (χ3n) is 3.58. The fraction of sp³-hybridized carbons (Fsp3) is 0.857. The van der Waals surface area contributed by atoms with E-state index in [0.29, 0.717) is 5.75 Å². The smallest absolute Gasteiger partial charge is 0.408 e. The van der Waals surface area contributed by atoms with Crippen LogP contribution in [0.4, 0.5) is 13.6 Å². The van der Waals surface area contributed by atoms with E-state index in [4.69, 9.17) is 4.74 Å². The van der Waals surface area contributed by atoms with Crippen molar-refractivity contribution in [3.63, 3.8) is 0 Å². The molecular formula is C14H22F2N2O3S. The number of hydrogen-bond donors (Lipinski definition) is 2. The number of halogens is 2. The Morgan fingerprint density at radius 3 is 2.41 bits per heavy atom. The Labute approximate surface area is 132 Å². The SMILES string of the molecule is CC(C)(C)OC(=O)NC1(C(=O)NC2CCCSC2)CC1(F)F. The first-order valence-electron chi connectivity index (χ1n) is 7.33. The molecule has 2 amide bonds. The summed E-state index contributed by atoms with van der Waals surface area (Å²) in [6, 6.07) is -0.125. The maximum absolute atomic E-state index is 13.7. The van der Waals surface area contributed by atoms with Gasteiger partial charge in [0.25, 0.3) is 11.8 Å². The molecule has 22 heavy (non-hydrogen) atoms. The molecule has 0 bridgehead atoms. The molecule has 2 N–H and O–H groups in total. The van der Waals surface area contributed by atoms with E-state index in [1.807, 2.05) is 0 Å². The summed E-state index contributed by atoms with van der Waals surface area (Å²) in [7, 11) is 0. The van der Waals surface area contributed by atoms with Gasteiger partial charge in [-0.1, -0.05) is 0 Å². The van der Waals surface area contributed by atoms with Crippen LogP contribution in [0.1, 0.15) is 40.0 Å². The van der Waals surface area contributed by atoms with E-state index in [2.05, 4.69) is 10.6 Å². The van der Waals surface area contributed by atoms with Crippen molar-refractivity contribution in [2.75, 3.05) is 11.5 Å². The van der Waals surface area contributed by atoms with Crippen LogP contribution in [0, 0.1) is 0 Å². The second-order valence-electron chi connectivity index (χ2n) is 6.80. The third kappa shape index (κ3) is 3.83. The fourth-order valence-corrected chi connectivity index (χ4v) is 3.44. The van der Waals surface area contributed by atoms with Crippen molar-refractivity contribution in [2.45, 2.75) is 63.1 Å². The molecule has 126 valence electrons. The predicted molar refractivity (Wildman–Crippen MR) is 80.2 cm³/mol. The van der Waals surface area contributed by atoms with Crippen molar-refractivity contribution in [3.8, 4) is 0 Å². The summed E-state index contributed by atoms with van der Waals surface area (Å²) < 4.78 is 32.4. The normalized spacial score (nSPS) is 30.3. The summed E-state index contributed by atoms with van der Waals surface area (Å²) in [5.41, 5.74) is -2.98. The maximum Gasteiger partial charge on any atom is 0.408 e. The van der Waals surface area contributed by atoms with Crippen LogP contribution < -0.4 is 10.6 Å². The monoisotopic (exact) mass is 336 g/mol. The minimum atomic E-state index is -3.24. The van der Waals surface area contributed by atoms with E-state index in [-0.39, 0.29) is 6.04 Å². The molecule has 0 radical (unpaired) electrons. The van der Waals surface area contributed by atoms with Crippen LogP contribution in [0.2, 0.25) is 0 Å². The highest BCUT2D eigenvalue weighted by Crippen LogP contribution is 2.53. The summed E-state index contributed by atoms with van der Waals surface area (Å²) >= 11 is 1.68. The van der Waals surface area contributed by atoms with Crippen LogP contribution in [-0.2, 0) is 9.53 Å². The van der Waals surface area contributed by atoms with Gasteiger partial charge in [-0.15, -0.1) is 0 Å². The zero-order chi connectivity index (χ0) is 16.6. The summed E-state index contributed by atoms with van der Waals surface area (Å²) in [4.78, 5) is 24.0. The summed E-state index contributed by atoms with van der Waals surface area (Å²) in [5, 5.41) is 4.71. The molecule has 8 heteroatoms. The van der Waals surface area contributed by atoms with Gasteiger partial charge in [0.1, 0.15) is 5.60 Å². The van der Waals surface area contributed by atoms with Crippen LogP contribution in [0.3, 0.4) is 0 Å². The Morgan fingerprint density at radius 1 is 1.32 bits per heavy atom. The molecule has 1 aliphatic heterocycles. The third-order valence-corrected chi connectivity index (χ3v) is 4.80. The number of nitrogens with one attached hydrogen (secondary N) is 2. The zero-order valence-electron chi connectivity index (χ0n) is 13.0. The Morgan fingerprint density at radius 2 is 1.95 bits per heavy atom. The number of hydrogen-bond acceptors (Lipinski definition) is 4. The molecule has 2 fully saturated rings. The number of alkyl carbamates (subject to hydrolysis) is 1. The van der Waals surface area contributed by atoms with Crippen molar-refractivity contribution >= 4 is 23.8 Å². The average molecular weight is 336 g/mol. The first-order chi connectivity index (χ1) is 10.1. The lowest BCUT2D eigenvalue weighted by Gasteiger charge is -2.27. The van der Waals surface area contributed by atoms with E-state index in [1.54, 1.807) is 32.5 Å². The highest BCUT2D eigenvalue weighted by molar-refractivity contribution is 7.99. The van der Waals surface area contributed by atoms with Crippen LogP contribution in [-0.4, -0.2) is 46.6 Å². The number of ether oxygens (including phenoxy) is 1. The number of amides is 2. The highest BCUT2D eigenvalue weighted by Gasteiger charge is 2.77. The van der Waals surface area contributed by atoms with E-state index in [1.165, 1.54) is 0 Å². The largest absolute Gasteiger partial charge is 0.444 e. The second kappa shape index (κ2) is 5.86. The van der Waals surface area contributed by atoms with Crippen molar-refractivity contribution in [3.05, 3.63) is 0 Å². The molecule has 2 aliphatic rings. The van der Waals surface area contributed by atoms with Crippen LogP contribution in [0.5, 0.6) is 0 Å². The van der Waals surface area contributed by atoms with Crippen LogP contribution in [0.25, 0.3) is 0 Å². The lowest BCUT2D eigenvalue weighted by atomic mass is 10.1. The number of carbonyl (C=O) groups is 2. The Balaban J connectivity index is 1.99.